The molecule has 8 heteroatoms. The molecule has 2 aliphatic rings. The first-order valence-corrected chi connectivity index (χ1v) is 14.3. The molecule has 2 rings (SSSR count). The summed E-state index contributed by atoms with van der Waals surface area (Å²) < 4.78 is 21.8. The number of fused-ring (bicyclic) bond motifs is 1. The molecule has 1 aliphatic heterocycles. The Hall–Kier alpha value is -0.346. The van der Waals surface area contributed by atoms with Gasteiger partial charge in [-0.1, -0.05) is 19.6 Å². The molecule has 2 fully saturated rings. The number of carbonyl (C=O) groups excluding carboxylic acids is 1. The van der Waals surface area contributed by atoms with Gasteiger partial charge in [0.15, 0.2) is 0 Å². The molecule has 24 heavy (non-hydrogen) atoms. The summed E-state index contributed by atoms with van der Waals surface area (Å²) in [5.41, 5.74) is 0. The Balaban J connectivity index is 0.000000307. The monoisotopic (exact) mass is 375 g/mol. The lowest BCUT2D eigenvalue weighted by atomic mass is 9.88. The van der Waals surface area contributed by atoms with E-state index < -0.39 is 16.9 Å². The van der Waals surface area contributed by atoms with Crippen molar-refractivity contribution in [2.24, 2.45) is 10.9 Å². The Labute approximate surface area is 148 Å². The van der Waals surface area contributed by atoms with E-state index in [0.29, 0.717) is 18.4 Å². The number of rotatable bonds is 8. The number of nitrogens with zero attached hydrogens (tertiary/aromatic N) is 1. The van der Waals surface area contributed by atoms with E-state index in [4.69, 9.17) is 18.0 Å². The highest BCUT2D eigenvalue weighted by atomic mass is 28.4. The van der Waals surface area contributed by atoms with Crippen LogP contribution in [0.3, 0.4) is 0 Å². The molecular weight excluding hydrogens is 342 g/mol. The lowest BCUT2D eigenvalue weighted by molar-refractivity contribution is 0.120. The maximum absolute atomic E-state index is 9.58. The second-order valence-corrected chi connectivity index (χ2v) is 16.2. The van der Waals surface area contributed by atoms with Gasteiger partial charge < -0.3 is 18.0 Å². The van der Waals surface area contributed by atoms with Gasteiger partial charge in [0.2, 0.25) is 6.08 Å². The zero-order valence-corrected chi connectivity index (χ0v) is 18.0. The topological polar surface area (TPSA) is 69.7 Å². The molecule has 3 atom stereocenters. The summed E-state index contributed by atoms with van der Waals surface area (Å²) in [6.07, 6.45) is 8.25. The Kier molecular flexibility index (Phi) is 9.01. The Morgan fingerprint density at radius 1 is 1.08 bits per heavy atom. The van der Waals surface area contributed by atoms with Gasteiger partial charge in [0.1, 0.15) is 0 Å². The SMILES string of the molecule is CO[Si](CCC1CCC2OC2C1)(OC)OC.C[Si](C)(C)CN=C=O. The number of hydrogen-bond acceptors (Lipinski definition) is 6. The van der Waals surface area contributed by atoms with Crippen molar-refractivity contribution in [3.8, 4) is 0 Å². The quantitative estimate of drug-likeness (QED) is 0.282. The minimum Gasteiger partial charge on any atom is -0.377 e. The molecule has 1 heterocycles. The molecule has 0 aromatic heterocycles. The summed E-state index contributed by atoms with van der Waals surface area (Å²) in [5, 5.41) is 0. The van der Waals surface area contributed by atoms with E-state index in [1.54, 1.807) is 21.3 Å². The van der Waals surface area contributed by atoms with Crippen LogP contribution in [0.1, 0.15) is 25.7 Å². The average Bonchev–Trinajstić information content (AvgIpc) is 3.33. The highest BCUT2D eigenvalue weighted by Gasteiger charge is 2.45. The number of hydrogen-bond donors (Lipinski definition) is 0. The first kappa shape index (κ1) is 21.7. The summed E-state index contributed by atoms with van der Waals surface area (Å²) in [5.74, 6) is 0.760. The molecule has 140 valence electrons. The van der Waals surface area contributed by atoms with Gasteiger partial charge in [-0.05, 0) is 31.6 Å². The third-order valence-electron chi connectivity index (χ3n) is 4.52. The summed E-state index contributed by atoms with van der Waals surface area (Å²) in [6, 6.07) is 0.915. The zero-order valence-electron chi connectivity index (χ0n) is 16.0. The van der Waals surface area contributed by atoms with Crippen molar-refractivity contribution in [3.63, 3.8) is 0 Å². The number of epoxide rings is 1. The van der Waals surface area contributed by atoms with E-state index in [-0.39, 0.29) is 0 Å². The first-order chi connectivity index (χ1) is 11.3. The minimum absolute atomic E-state index is 0.558. The predicted molar refractivity (Wildman–Crippen MR) is 98.5 cm³/mol. The van der Waals surface area contributed by atoms with Crippen LogP contribution in [-0.2, 0) is 22.8 Å². The van der Waals surface area contributed by atoms with E-state index in [1.165, 1.54) is 25.3 Å². The Morgan fingerprint density at radius 2 is 1.71 bits per heavy atom. The first-order valence-electron chi connectivity index (χ1n) is 8.63. The van der Waals surface area contributed by atoms with Gasteiger partial charge in [-0.25, -0.2) is 9.79 Å². The average molecular weight is 376 g/mol. The molecule has 0 amide bonds. The van der Waals surface area contributed by atoms with Gasteiger partial charge in [-0.3, -0.25) is 0 Å². The molecule has 6 nitrogen and oxygen atoms in total. The van der Waals surface area contributed by atoms with Gasteiger partial charge in [0.05, 0.1) is 20.3 Å². The predicted octanol–water partition coefficient (Wildman–Crippen LogP) is 3.02. The van der Waals surface area contributed by atoms with Crippen LogP contribution >= 0.6 is 0 Å². The van der Waals surface area contributed by atoms with Crippen LogP contribution in [0.2, 0.25) is 25.7 Å². The molecular formula is C16H33NO5Si2. The van der Waals surface area contributed by atoms with E-state index in [0.717, 1.165) is 18.4 Å². The van der Waals surface area contributed by atoms with Crippen LogP contribution in [0.4, 0.5) is 0 Å². The lowest BCUT2D eigenvalue weighted by Crippen LogP contribution is -2.43. The van der Waals surface area contributed by atoms with E-state index in [9.17, 15) is 4.79 Å². The second-order valence-electron chi connectivity index (χ2n) is 7.69. The summed E-state index contributed by atoms with van der Waals surface area (Å²) >= 11 is 0. The van der Waals surface area contributed by atoms with Gasteiger partial charge >= 0.3 is 8.80 Å². The molecule has 0 N–H and O–H groups in total. The van der Waals surface area contributed by atoms with Crippen molar-refractivity contribution in [1.82, 2.24) is 0 Å². The fourth-order valence-corrected chi connectivity index (χ4v) is 5.37. The van der Waals surface area contributed by atoms with Crippen molar-refractivity contribution in [1.29, 1.82) is 0 Å². The summed E-state index contributed by atoms with van der Waals surface area (Å²) in [7, 11) is 1.58. The Morgan fingerprint density at radius 3 is 2.12 bits per heavy atom. The van der Waals surface area contributed by atoms with Crippen LogP contribution in [0, 0.1) is 5.92 Å². The highest BCUT2D eigenvalue weighted by Crippen LogP contribution is 2.41. The molecule has 0 radical (unpaired) electrons. The smallest absolute Gasteiger partial charge is 0.377 e. The van der Waals surface area contributed by atoms with Gasteiger partial charge in [-0.2, -0.15) is 0 Å². The molecule has 1 saturated heterocycles. The van der Waals surface area contributed by atoms with Crippen LogP contribution in [-0.4, -0.2) is 62.7 Å². The standard InChI is InChI=1S/C11H22O4Si.C5H11NOSi/c1-12-16(13-2,14-3)7-6-9-4-5-10-11(8-9)15-10;1-8(2,3)5-6-4-7/h9-11H,4-8H2,1-3H3;5H2,1-3H3. The maximum Gasteiger partial charge on any atom is 0.500 e. The zero-order chi connectivity index (χ0) is 18.2. The third-order valence-corrected chi connectivity index (χ3v) is 8.40. The fraction of sp³-hybridized carbons (Fsp3) is 0.938. The highest BCUT2D eigenvalue weighted by molar-refractivity contribution is 6.76. The van der Waals surface area contributed by atoms with Crippen molar-refractivity contribution in [2.75, 3.05) is 27.5 Å². The van der Waals surface area contributed by atoms with E-state index in [1.807, 2.05) is 0 Å². The van der Waals surface area contributed by atoms with Gasteiger partial charge in [0, 0.05) is 33.5 Å². The number of ether oxygens (including phenoxy) is 1. The normalized spacial score (nSPS) is 25.8. The van der Waals surface area contributed by atoms with E-state index in [2.05, 4.69) is 24.6 Å². The lowest BCUT2D eigenvalue weighted by Gasteiger charge is -2.27. The summed E-state index contributed by atoms with van der Waals surface area (Å²) in [6.45, 7) is 6.48. The van der Waals surface area contributed by atoms with Crippen LogP contribution in [0.15, 0.2) is 4.99 Å². The van der Waals surface area contributed by atoms with Gasteiger partial charge in [-0.15, -0.1) is 0 Å². The maximum atomic E-state index is 9.58. The van der Waals surface area contributed by atoms with Crippen molar-refractivity contribution in [3.05, 3.63) is 0 Å². The molecule has 0 spiro atoms. The van der Waals surface area contributed by atoms with Crippen LogP contribution < -0.4 is 0 Å². The fourth-order valence-electron chi connectivity index (χ4n) is 2.96. The molecule has 0 aromatic carbocycles. The molecule has 1 saturated carbocycles. The van der Waals surface area contributed by atoms with Crippen LogP contribution in [0.25, 0.3) is 0 Å². The van der Waals surface area contributed by atoms with Crippen molar-refractivity contribution < 1.29 is 22.8 Å². The molecule has 1 aliphatic carbocycles. The number of isocyanates is 1. The van der Waals surface area contributed by atoms with E-state index >= 15 is 0 Å². The second kappa shape index (κ2) is 9.96. The number of aliphatic imine (C=N–C) groups is 1. The van der Waals surface area contributed by atoms with Crippen LogP contribution in [0.5, 0.6) is 0 Å². The minimum atomic E-state index is -2.35. The van der Waals surface area contributed by atoms with Crippen molar-refractivity contribution >= 4 is 23.0 Å². The van der Waals surface area contributed by atoms with Gasteiger partial charge in [0.25, 0.3) is 0 Å². The summed E-state index contributed by atoms with van der Waals surface area (Å²) in [4.78, 5) is 13.1. The largest absolute Gasteiger partial charge is 0.500 e. The van der Waals surface area contributed by atoms with Crippen molar-refractivity contribution in [2.45, 2.75) is 63.6 Å². The molecule has 0 bridgehead atoms. The third kappa shape index (κ3) is 7.69. The molecule has 3 unspecified atom stereocenters. The Bertz CT molecular complexity index is 411. The molecule has 0 aromatic rings.